The number of rotatable bonds is 4. The number of hydrogen-bond donors (Lipinski definition) is 1. The Kier molecular flexibility index (Phi) is 4.74. The molecule has 0 atom stereocenters. The predicted octanol–water partition coefficient (Wildman–Crippen LogP) is 4.15. The number of benzene rings is 1. The van der Waals surface area contributed by atoms with Gasteiger partial charge in [0.15, 0.2) is 11.5 Å². The molecular weight excluding hydrogens is 402 g/mol. The Bertz CT molecular complexity index is 1450. The maximum Gasteiger partial charge on any atom is 0.276 e. The minimum Gasteiger partial charge on any atom is -0.320 e. The molecule has 0 saturated heterocycles. The summed E-state index contributed by atoms with van der Waals surface area (Å²) in [5.41, 5.74) is 6.29. The maximum absolute atomic E-state index is 12.9. The zero-order valence-electron chi connectivity index (χ0n) is 17.9. The van der Waals surface area contributed by atoms with Gasteiger partial charge in [-0.2, -0.15) is 5.10 Å². The Balaban J connectivity index is 1.42. The maximum atomic E-state index is 12.9. The standard InChI is InChI=1S/C24H21N7O/c1-15-7-6-12-30-14-21(25-23(15)30)18-8-4-5-9-19(18)26-24(32)20-10-11-22(28-27-20)31-17(3)13-16(2)29-31/h4-14H,1-3H3,(H,26,32). The Morgan fingerprint density at radius 3 is 2.53 bits per heavy atom. The lowest BCUT2D eigenvalue weighted by molar-refractivity contribution is 0.102. The van der Waals surface area contributed by atoms with Crippen LogP contribution in [0.2, 0.25) is 0 Å². The summed E-state index contributed by atoms with van der Waals surface area (Å²) >= 11 is 0. The number of aryl methyl sites for hydroxylation is 3. The second-order valence-electron chi connectivity index (χ2n) is 7.66. The largest absolute Gasteiger partial charge is 0.320 e. The number of nitrogens with zero attached hydrogens (tertiary/aromatic N) is 6. The highest BCUT2D eigenvalue weighted by atomic mass is 16.1. The summed E-state index contributed by atoms with van der Waals surface area (Å²) in [5, 5.41) is 15.6. The molecule has 4 aromatic heterocycles. The van der Waals surface area contributed by atoms with Gasteiger partial charge in [-0.15, -0.1) is 10.2 Å². The lowest BCUT2D eigenvalue weighted by Crippen LogP contribution is -2.16. The van der Waals surface area contributed by atoms with Crippen molar-refractivity contribution in [3.63, 3.8) is 0 Å². The molecule has 8 heteroatoms. The quantitative estimate of drug-likeness (QED) is 0.469. The van der Waals surface area contributed by atoms with Gasteiger partial charge >= 0.3 is 0 Å². The molecule has 0 aliphatic heterocycles. The van der Waals surface area contributed by atoms with E-state index in [0.29, 0.717) is 11.5 Å². The van der Waals surface area contributed by atoms with Crippen molar-refractivity contribution in [3.05, 3.63) is 89.6 Å². The third kappa shape index (κ3) is 3.51. The van der Waals surface area contributed by atoms with Crippen molar-refractivity contribution >= 4 is 17.2 Å². The average Bonchev–Trinajstić information content (AvgIpc) is 3.38. The molecule has 0 bridgehead atoms. The number of nitrogens with one attached hydrogen (secondary N) is 1. The zero-order chi connectivity index (χ0) is 22.2. The molecule has 0 aliphatic carbocycles. The van der Waals surface area contributed by atoms with Gasteiger partial charge in [0.05, 0.1) is 17.1 Å². The number of carbonyl (C=O) groups excluding carboxylic acids is 1. The number of hydrogen-bond acceptors (Lipinski definition) is 5. The first kappa shape index (κ1) is 19.6. The molecule has 8 nitrogen and oxygen atoms in total. The molecule has 32 heavy (non-hydrogen) atoms. The molecule has 158 valence electrons. The molecule has 4 heterocycles. The molecule has 1 N–H and O–H groups in total. The number of para-hydroxylation sites is 1. The summed E-state index contributed by atoms with van der Waals surface area (Å²) < 4.78 is 3.68. The first-order valence-electron chi connectivity index (χ1n) is 10.2. The normalized spacial score (nSPS) is 11.1. The fourth-order valence-electron chi connectivity index (χ4n) is 3.71. The van der Waals surface area contributed by atoms with E-state index in [1.165, 1.54) is 0 Å². The van der Waals surface area contributed by atoms with Crippen LogP contribution in [0, 0.1) is 20.8 Å². The highest BCUT2D eigenvalue weighted by molar-refractivity contribution is 6.04. The van der Waals surface area contributed by atoms with E-state index >= 15 is 0 Å². The van der Waals surface area contributed by atoms with Crippen molar-refractivity contribution in [1.82, 2.24) is 29.4 Å². The molecule has 5 aromatic rings. The van der Waals surface area contributed by atoms with Gasteiger partial charge in [0.25, 0.3) is 5.91 Å². The van der Waals surface area contributed by atoms with Crippen molar-refractivity contribution in [3.8, 4) is 17.1 Å². The molecule has 5 rings (SSSR count). The number of pyridine rings is 1. The van der Waals surface area contributed by atoms with E-state index in [1.54, 1.807) is 16.8 Å². The average molecular weight is 423 g/mol. The monoisotopic (exact) mass is 423 g/mol. The van der Waals surface area contributed by atoms with Gasteiger partial charge < -0.3 is 9.72 Å². The van der Waals surface area contributed by atoms with Crippen LogP contribution in [-0.4, -0.2) is 35.3 Å². The van der Waals surface area contributed by atoms with E-state index in [9.17, 15) is 4.79 Å². The Morgan fingerprint density at radius 2 is 1.81 bits per heavy atom. The topological polar surface area (TPSA) is 90.0 Å². The number of carbonyl (C=O) groups is 1. The van der Waals surface area contributed by atoms with Gasteiger partial charge in [-0.25, -0.2) is 9.67 Å². The molecule has 0 unspecified atom stereocenters. The highest BCUT2D eigenvalue weighted by Gasteiger charge is 2.15. The summed E-state index contributed by atoms with van der Waals surface area (Å²) in [6.45, 7) is 5.88. The van der Waals surface area contributed by atoms with Crippen molar-refractivity contribution in [1.29, 1.82) is 0 Å². The van der Waals surface area contributed by atoms with Gasteiger partial charge in [-0.3, -0.25) is 4.79 Å². The van der Waals surface area contributed by atoms with Crippen molar-refractivity contribution < 1.29 is 4.79 Å². The van der Waals surface area contributed by atoms with Crippen LogP contribution in [0.25, 0.3) is 22.7 Å². The fraction of sp³-hybridized carbons (Fsp3) is 0.125. The predicted molar refractivity (Wildman–Crippen MR) is 122 cm³/mol. The minimum absolute atomic E-state index is 0.218. The van der Waals surface area contributed by atoms with Crippen molar-refractivity contribution in [2.45, 2.75) is 20.8 Å². The van der Waals surface area contributed by atoms with Crippen LogP contribution in [0.3, 0.4) is 0 Å². The van der Waals surface area contributed by atoms with Gasteiger partial charge in [-0.05, 0) is 56.7 Å². The molecule has 0 radical (unpaired) electrons. The number of amides is 1. The molecule has 1 aromatic carbocycles. The molecule has 1 amide bonds. The van der Waals surface area contributed by atoms with Gasteiger partial charge in [-0.1, -0.05) is 24.3 Å². The Morgan fingerprint density at radius 1 is 0.969 bits per heavy atom. The molecule has 0 aliphatic rings. The van der Waals surface area contributed by atoms with Crippen LogP contribution in [0.15, 0.2) is 67.0 Å². The second-order valence-corrected chi connectivity index (χ2v) is 7.66. The number of imidazole rings is 1. The Hall–Kier alpha value is -4.33. The lowest BCUT2D eigenvalue weighted by atomic mass is 10.1. The molecular formula is C24H21N7O. The highest BCUT2D eigenvalue weighted by Crippen LogP contribution is 2.28. The second kappa shape index (κ2) is 7.73. The van der Waals surface area contributed by atoms with Crippen molar-refractivity contribution in [2.24, 2.45) is 0 Å². The first-order chi connectivity index (χ1) is 15.5. The van der Waals surface area contributed by atoms with Crippen LogP contribution in [-0.2, 0) is 0 Å². The SMILES string of the molecule is Cc1cc(C)n(-c2ccc(C(=O)Nc3ccccc3-c3cn4cccc(C)c4n3)nn2)n1. The van der Waals surface area contributed by atoms with Gasteiger partial charge in [0.2, 0.25) is 0 Å². The summed E-state index contributed by atoms with van der Waals surface area (Å²) in [6, 6.07) is 16.9. The van der Waals surface area contributed by atoms with E-state index < -0.39 is 0 Å². The van der Waals surface area contributed by atoms with E-state index in [2.05, 4.69) is 20.6 Å². The van der Waals surface area contributed by atoms with Crippen LogP contribution in [0.4, 0.5) is 5.69 Å². The van der Waals surface area contributed by atoms with E-state index in [-0.39, 0.29) is 11.6 Å². The third-order valence-electron chi connectivity index (χ3n) is 5.24. The van der Waals surface area contributed by atoms with Crippen LogP contribution < -0.4 is 5.32 Å². The summed E-state index contributed by atoms with van der Waals surface area (Å²) in [4.78, 5) is 17.6. The summed E-state index contributed by atoms with van der Waals surface area (Å²) in [7, 11) is 0. The van der Waals surface area contributed by atoms with Crippen LogP contribution in [0.5, 0.6) is 0 Å². The Labute approximate surface area is 184 Å². The van der Waals surface area contributed by atoms with Crippen LogP contribution in [0.1, 0.15) is 27.4 Å². The van der Waals surface area contributed by atoms with Gasteiger partial charge in [0.1, 0.15) is 5.65 Å². The molecule has 0 spiro atoms. The van der Waals surface area contributed by atoms with Crippen molar-refractivity contribution in [2.75, 3.05) is 5.32 Å². The van der Waals surface area contributed by atoms with Gasteiger partial charge in [0, 0.05) is 23.7 Å². The number of aromatic nitrogens is 6. The zero-order valence-corrected chi connectivity index (χ0v) is 17.9. The smallest absolute Gasteiger partial charge is 0.276 e. The van der Waals surface area contributed by atoms with E-state index in [0.717, 1.165) is 33.9 Å². The van der Waals surface area contributed by atoms with Crippen LogP contribution >= 0.6 is 0 Å². The number of fused-ring (bicyclic) bond motifs is 1. The number of anilines is 1. The molecule has 0 fully saturated rings. The summed E-state index contributed by atoms with van der Waals surface area (Å²) in [6.07, 6.45) is 3.91. The van der Waals surface area contributed by atoms with E-state index in [4.69, 9.17) is 4.98 Å². The lowest BCUT2D eigenvalue weighted by Gasteiger charge is -2.09. The van der Waals surface area contributed by atoms with E-state index in [1.807, 2.05) is 80.0 Å². The third-order valence-corrected chi connectivity index (χ3v) is 5.24. The first-order valence-corrected chi connectivity index (χ1v) is 10.2. The fourth-order valence-corrected chi connectivity index (χ4v) is 3.71. The molecule has 0 saturated carbocycles. The summed E-state index contributed by atoms with van der Waals surface area (Å²) in [5.74, 6) is 0.220. The minimum atomic E-state index is -0.343.